The van der Waals surface area contributed by atoms with E-state index in [4.69, 9.17) is 18.6 Å². The normalized spacial score (nSPS) is 11.9. The first-order chi connectivity index (χ1) is 22.4. The van der Waals surface area contributed by atoms with Crippen LogP contribution in [0.4, 0.5) is 0 Å². The van der Waals surface area contributed by atoms with E-state index in [1.165, 1.54) is 25.8 Å². The molecule has 0 aliphatic carbocycles. The zero-order valence-corrected chi connectivity index (χ0v) is 26.1. The Morgan fingerprint density at radius 1 is 0.787 bits per heavy atom. The smallest absolute Gasteiger partial charge is 0.306 e. The van der Waals surface area contributed by atoms with Gasteiger partial charge in [0.15, 0.2) is 28.8 Å². The number of carbonyl (C=O) groups excluding carboxylic acids is 1. The average molecular weight is 643 g/mol. The van der Waals surface area contributed by atoms with Gasteiger partial charge in [0, 0.05) is 23.1 Å². The standard InChI is InChI=1S/C36H34O11/c1-18(2)20-7-5-19(6-8-20)17-46-28-12-10-21(14-29(28)44-3)23(15-30(41)45-4)31-26(39)16-27(40)32-33(42)34(43)35(47-36(31)32)22-9-11-24(37)25(38)13-22/h5-14,16,18,23,37-40,43H,15,17H2,1-4H3/t23-/m0/s1. The summed E-state index contributed by atoms with van der Waals surface area (Å²) in [4.78, 5) is 26.1. The Balaban J connectivity index is 1.64. The topological polar surface area (TPSA) is 176 Å². The Bertz CT molecular complexity index is 2010. The van der Waals surface area contributed by atoms with Crippen molar-refractivity contribution in [1.29, 1.82) is 0 Å². The number of methoxy groups -OCH3 is 2. The van der Waals surface area contributed by atoms with E-state index in [0.29, 0.717) is 23.0 Å². The van der Waals surface area contributed by atoms with Gasteiger partial charge in [0.25, 0.3) is 0 Å². The highest BCUT2D eigenvalue weighted by Gasteiger charge is 2.30. The van der Waals surface area contributed by atoms with E-state index in [2.05, 4.69) is 13.8 Å². The number of benzene rings is 4. The summed E-state index contributed by atoms with van der Waals surface area (Å²) in [6.07, 6.45) is -0.338. The highest BCUT2D eigenvalue weighted by Crippen LogP contribution is 2.46. The molecule has 0 radical (unpaired) electrons. The number of hydrogen-bond acceptors (Lipinski definition) is 11. The lowest BCUT2D eigenvalue weighted by atomic mass is 9.86. The fourth-order valence-corrected chi connectivity index (χ4v) is 5.36. The van der Waals surface area contributed by atoms with Crippen LogP contribution in [0.3, 0.4) is 0 Å². The molecule has 0 amide bonds. The molecule has 1 atom stereocenters. The second kappa shape index (κ2) is 13.3. The first-order valence-electron chi connectivity index (χ1n) is 14.7. The van der Waals surface area contributed by atoms with Crippen LogP contribution in [0.2, 0.25) is 0 Å². The predicted octanol–water partition coefficient (Wildman–Crippen LogP) is 6.39. The van der Waals surface area contributed by atoms with Crippen molar-refractivity contribution in [3.8, 4) is 51.6 Å². The van der Waals surface area contributed by atoms with Crippen LogP contribution in [0.1, 0.15) is 54.4 Å². The SMILES string of the molecule is COC(=O)C[C@@H](c1ccc(OCc2ccc(C(C)C)cc2)c(OC)c1)c1c(O)cc(O)c2c(=O)c(O)c(-c3ccc(O)c(O)c3)oc12. The molecule has 11 heteroatoms. The number of phenolic OH excluding ortho intramolecular Hbond substituents is 4. The molecule has 4 aromatic carbocycles. The van der Waals surface area contributed by atoms with E-state index in [-0.39, 0.29) is 29.7 Å². The monoisotopic (exact) mass is 642 g/mol. The van der Waals surface area contributed by atoms with Crippen LogP contribution < -0.4 is 14.9 Å². The first kappa shape index (κ1) is 32.6. The summed E-state index contributed by atoms with van der Waals surface area (Å²) in [5.41, 5.74) is 1.17. The van der Waals surface area contributed by atoms with E-state index in [1.807, 2.05) is 24.3 Å². The summed E-state index contributed by atoms with van der Waals surface area (Å²) >= 11 is 0. The summed E-state index contributed by atoms with van der Waals surface area (Å²) in [7, 11) is 2.65. The molecule has 0 saturated carbocycles. The fraction of sp³-hybridized carbons (Fsp3) is 0.222. The summed E-state index contributed by atoms with van der Waals surface area (Å²) < 4.78 is 22.6. The van der Waals surface area contributed by atoms with Crippen LogP contribution in [-0.2, 0) is 16.1 Å². The van der Waals surface area contributed by atoms with Crippen molar-refractivity contribution in [3.63, 3.8) is 0 Å². The Morgan fingerprint density at radius 2 is 1.49 bits per heavy atom. The Morgan fingerprint density at radius 3 is 2.13 bits per heavy atom. The molecule has 244 valence electrons. The molecular weight excluding hydrogens is 608 g/mol. The van der Waals surface area contributed by atoms with Crippen molar-refractivity contribution in [2.24, 2.45) is 0 Å². The summed E-state index contributed by atoms with van der Waals surface area (Å²) in [5.74, 6) is -4.05. The molecule has 0 saturated heterocycles. The van der Waals surface area contributed by atoms with Gasteiger partial charge in [-0.1, -0.05) is 44.2 Å². The molecular formula is C36H34O11. The van der Waals surface area contributed by atoms with Gasteiger partial charge in [-0.2, -0.15) is 0 Å². The molecule has 1 aromatic heterocycles. The van der Waals surface area contributed by atoms with Gasteiger partial charge >= 0.3 is 5.97 Å². The maximum Gasteiger partial charge on any atom is 0.306 e. The third kappa shape index (κ3) is 6.46. The van der Waals surface area contributed by atoms with Gasteiger partial charge in [0.1, 0.15) is 29.1 Å². The number of esters is 1. The van der Waals surface area contributed by atoms with Gasteiger partial charge in [0.2, 0.25) is 11.2 Å². The van der Waals surface area contributed by atoms with Crippen LogP contribution >= 0.6 is 0 Å². The molecule has 0 fully saturated rings. The van der Waals surface area contributed by atoms with Gasteiger partial charge in [-0.3, -0.25) is 9.59 Å². The van der Waals surface area contributed by atoms with E-state index in [1.54, 1.807) is 18.2 Å². The van der Waals surface area contributed by atoms with Crippen LogP contribution in [0, 0.1) is 0 Å². The van der Waals surface area contributed by atoms with Gasteiger partial charge in [-0.05, 0) is 52.9 Å². The maximum absolute atomic E-state index is 13.4. The lowest BCUT2D eigenvalue weighted by Crippen LogP contribution is -2.13. The van der Waals surface area contributed by atoms with Crippen LogP contribution in [0.25, 0.3) is 22.3 Å². The van der Waals surface area contributed by atoms with E-state index >= 15 is 0 Å². The molecule has 0 bridgehead atoms. The minimum atomic E-state index is -1.04. The van der Waals surface area contributed by atoms with Crippen molar-refractivity contribution in [3.05, 3.63) is 99.2 Å². The van der Waals surface area contributed by atoms with Gasteiger partial charge < -0.3 is 44.2 Å². The minimum Gasteiger partial charge on any atom is -0.507 e. The largest absolute Gasteiger partial charge is 0.507 e. The molecule has 1 heterocycles. The number of rotatable bonds is 10. The number of ether oxygens (including phenoxy) is 3. The Labute approximate surface area is 269 Å². The Kier molecular flexibility index (Phi) is 9.18. The lowest BCUT2D eigenvalue weighted by Gasteiger charge is -2.22. The summed E-state index contributed by atoms with van der Waals surface area (Å²) in [6, 6.07) is 17.4. The number of carbonyl (C=O) groups is 1. The lowest BCUT2D eigenvalue weighted by molar-refractivity contribution is -0.140. The summed E-state index contributed by atoms with van der Waals surface area (Å²) in [5, 5.41) is 52.0. The predicted molar refractivity (Wildman–Crippen MR) is 173 cm³/mol. The highest BCUT2D eigenvalue weighted by atomic mass is 16.5. The fourth-order valence-electron chi connectivity index (χ4n) is 5.36. The number of fused-ring (bicyclic) bond motifs is 1. The van der Waals surface area contributed by atoms with Gasteiger partial charge in [-0.15, -0.1) is 0 Å². The molecule has 0 aliphatic rings. The first-order valence-corrected chi connectivity index (χ1v) is 14.7. The zero-order chi connectivity index (χ0) is 34.0. The second-order valence-corrected chi connectivity index (χ2v) is 11.3. The quantitative estimate of drug-likeness (QED) is 0.0842. The number of phenols is 4. The second-order valence-electron chi connectivity index (χ2n) is 11.3. The minimum absolute atomic E-state index is 0.0112. The molecule has 0 aliphatic heterocycles. The van der Waals surface area contributed by atoms with Crippen LogP contribution in [0.15, 0.2) is 75.9 Å². The summed E-state index contributed by atoms with van der Waals surface area (Å²) in [6.45, 7) is 4.49. The zero-order valence-electron chi connectivity index (χ0n) is 26.1. The number of aromatic hydroxyl groups is 5. The van der Waals surface area contributed by atoms with Crippen molar-refractivity contribution >= 4 is 16.9 Å². The third-order valence-electron chi connectivity index (χ3n) is 7.95. The van der Waals surface area contributed by atoms with Crippen molar-refractivity contribution in [2.75, 3.05) is 14.2 Å². The molecule has 47 heavy (non-hydrogen) atoms. The van der Waals surface area contributed by atoms with Gasteiger partial charge in [0.05, 0.1) is 20.6 Å². The van der Waals surface area contributed by atoms with Crippen molar-refractivity contribution < 1.29 is 49.0 Å². The van der Waals surface area contributed by atoms with Gasteiger partial charge in [-0.25, -0.2) is 0 Å². The van der Waals surface area contributed by atoms with Crippen molar-refractivity contribution in [2.45, 2.75) is 38.7 Å². The van der Waals surface area contributed by atoms with E-state index < -0.39 is 57.2 Å². The molecule has 5 rings (SSSR count). The molecule has 5 aromatic rings. The molecule has 5 N–H and O–H groups in total. The Hall–Kier alpha value is -5.84. The third-order valence-corrected chi connectivity index (χ3v) is 7.95. The maximum atomic E-state index is 13.4. The van der Waals surface area contributed by atoms with E-state index in [0.717, 1.165) is 23.8 Å². The highest BCUT2D eigenvalue weighted by molar-refractivity contribution is 5.92. The van der Waals surface area contributed by atoms with E-state index in [9.17, 15) is 35.1 Å². The van der Waals surface area contributed by atoms with Crippen LogP contribution in [0.5, 0.6) is 40.2 Å². The molecule has 0 spiro atoms. The average Bonchev–Trinajstić information content (AvgIpc) is 3.05. The number of hydrogen-bond donors (Lipinski definition) is 5. The molecule has 0 unspecified atom stereocenters. The van der Waals surface area contributed by atoms with Crippen molar-refractivity contribution in [1.82, 2.24) is 0 Å². The molecule has 11 nitrogen and oxygen atoms in total. The van der Waals surface area contributed by atoms with Crippen LogP contribution in [-0.4, -0.2) is 45.7 Å².